The van der Waals surface area contributed by atoms with E-state index in [-0.39, 0.29) is 0 Å². The van der Waals surface area contributed by atoms with Gasteiger partial charge in [0.05, 0.1) is 6.54 Å². The zero-order valence-electron chi connectivity index (χ0n) is 8.30. The van der Waals surface area contributed by atoms with Gasteiger partial charge in [-0.1, -0.05) is 0 Å². The minimum absolute atomic E-state index is 0.490. The first-order chi connectivity index (χ1) is 6.40. The third kappa shape index (κ3) is 5.39. The molecule has 0 aliphatic rings. The van der Waals surface area contributed by atoms with Gasteiger partial charge in [0.25, 0.3) is 0 Å². The molecule has 0 unspecified atom stereocenters. The maximum atomic E-state index is 12.7. The van der Waals surface area contributed by atoms with E-state index in [1.165, 1.54) is 11.9 Å². The van der Waals surface area contributed by atoms with Crippen LogP contribution in [0, 0.1) is 0 Å². The van der Waals surface area contributed by atoms with Crippen LogP contribution in [0.2, 0.25) is 0 Å². The number of carboxylic acids is 1. The van der Waals surface area contributed by atoms with Crippen LogP contribution in [0.4, 0.5) is 8.78 Å². The number of rotatable bonds is 7. The molecule has 0 spiro atoms. The van der Waals surface area contributed by atoms with Crippen molar-refractivity contribution in [2.24, 2.45) is 0 Å². The van der Waals surface area contributed by atoms with Crippen LogP contribution < -0.4 is 0 Å². The van der Waals surface area contributed by atoms with Crippen molar-refractivity contribution >= 4 is 17.7 Å². The highest BCUT2D eigenvalue weighted by atomic mass is 32.2. The highest BCUT2D eigenvalue weighted by Crippen LogP contribution is 2.14. The lowest BCUT2D eigenvalue weighted by molar-refractivity contribution is -0.166. The average Bonchev–Trinajstić information content (AvgIpc) is 2.03. The average molecular weight is 227 g/mol. The molecule has 0 fully saturated rings. The number of halogens is 2. The summed E-state index contributed by atoms with van der Waals surface area (Å²) < 4.78 is 25.3. The summed E-state index contributed by atoms with van der Waals surface area (Å²) in [6.07, 6.45) is 2.72. The Morgan fingerprint density at radius 1 is 1.57 bits per heavy atom. The summed E-state index contributed by atoms with van der Waals surface area (Å²) in [7, 11) is 1.50. The fourth-order valence-corrected chi connectivity index (χ4v) is 1.38. The maximum Gasteiger partial charge on any atom is 0.375 e. The zero-order valence-corrected chi connectivity index (χ0v) is 9.11. The molecule has 0 aromatic carbocycles. The van der Waals surface area contributed by atoms with Gasteiger partial charge in [0.2, 0.25) is 0 Å². The normalized spacial score (nSPS) is 12.1. The molecule has 0 amide bonds. The van der Waals surface area contributed by atoms with Crippen molar-refractivity contribution in [3.8, 4) is 0 Å². The van der Waals surface area contributed by atoms with Gasteiger partial charge in [-0.05, 0) is 32.0 Å². The fourth-order valence-electron chi connectivity index (χ4n) is 0.964. The Labute approximate surface area is 86.5 Å². The van der Waals surface area contributed by atoms with Crippen molar-refractivity contribution in [3.05, 3.63) is 0 Å². The van der Waals surface area contributed by atoms with Crippen molar-refractivity contribution in [1.29, 1.82) is 0 Å². The molecule has 1 N–H and O–H groups in total. The van der Waals surface area contributed by atoms with Crippen LogP contribution in [0.15, 0.2) is 0 Å². The third-order valence-electron chi connectivity index (χ3n) is 1.67. The summed E-state index contributed by atoms with van der Waals surface area (Å²) in [5.74, 6) is -4.81. The molecule has 0 radical (unpaired) electrons. The monoisotopic (exact) mass is 227 g/mol. The first kappa shape index (κ1) is 13.6. The highest BCUT2D eigenvalue weighted by molar-refractivity contribution is 7.98. The number of alkyl halides is 2. The summed E-state index contributed by atoms with van der Waals surface area (Å²) in [5, 5.41) is 8.18. The van der Waals surface area contributed by atoms with Gasteiger partial charge >= 0.3 is 11.9 Å². The van der Waals surface area contributed by atoms with Crippen LogP contribution in [0.5, 0.6) is 0 Å². The van der Waals surface area contributed by atoms with E-state index < -0.39 is 18.4 Å². The van der Waals surface area contributed by atoms with Crippen LogP contribution in [-0.4, -0.2) is 54.0 Å². The van der Waals surface area contributed by atoms with E-state index in [9.17, 15) is 13.6 Å². The zero-order chi connectivity index (χ0) is 11.2. The molecule has 6 heteroatoms. The van der Waals surface area contributed by atoms with Gasteiger partial charge in [-0.15, -0.1) is 0 Å². The van der Waals surface area contributed by atoms with Crippen LogP contribution in [-0.2, 0) is 4.79 Å². The second kappa shape index (κ2) is 6.19. The van der Waals surface area contributed by atoms with Crippen LogP contribution in [0.25, 0.3) is 0 Å². The second-order valence-electron chi connectivity index (χ2n) is 3.09. The summed E-state index contributed by atoms with van der Waals surface area (Å²) in [5.41, 5.74) is 0. The van der Waals surface area contributed by atoms with E-state index in [1.54, 1.807) is 11.8 Å². The summed E-state index contributed by atoms with van der Waals surface area (Å²) in [4.78, 5) is 11.4. The molecule has 0 aromatic rings. The number of hydrogen-bond acceptors (Lipinski definition) is 3. The molecule has 0 bridgehead atoms. The Morgan fingerprint density at radius 2 is 2.14 bits per heavy atom. The minimum Gasteiger partial charge on any atom is -0.477 e. The number of carboxylic acid groups (broad SMARTS) is 1. The molecule has 14 heavy (non-hydrogen) atoms. The van der Waals surface area contributed by atoms with Crippen molar-refractivity contribution in [3.63, 3.8) is 0 Å². The Morgan fingerprint density at radius 3 is 2.57 bits per heavy atom. The number of aliphatic carboxylic acids is 1. The Hall–Kier alpha value is -0.360. The Balaban J connectivity index is 3.81. The SMILES string of the molecule is CSCCCN(C)CC(F)(F)C(=O)O. The standard InChI is InChI=1S/C8H15F2NO2S/c1-11(4-3-5-14-2)6-8(9,10)7(12)13/h3-6H2,1-2H3,(H,12,13). The Bertz CT molecular complexity index is 190. The van der Waals surface area contributed by atoms with Gasteiger partial charge in [0, 0.05) is 0 Å². The topological polar surface area (TPSA) is 40.5 Å². The smallest absolute Gasteiger partial charge is 0.375 e. The number of nitrogens with zero attached hydrogens (tertiary/aromatic N) is 1. The second-order valence-corrected chi connectivity index (χ2v) is 4.08. The van der Waals surface area contributed by atoms with Gasteiger partial charge in [-0.2, -0.15) is 20.5 Å². The van der Waals surface area contributed by atoms with E-state index in [0.717, 1.165) is 12.2 Å². The molecule has 0 heterocycles. The molecule has 0 atom stereocenters. The highest BCUT2D eigenvalue weighted by Gasteiger charge is 2.39. The largest absolute Gasteiger partial charge is 0.477 e. The summed E-state index contributed by atoms with van der Waals surface area (Å²) in [6, 6.07) is 0. The predicted octanol–water partition coefficient (Wildman–Crippen LogP) is 1.39. The van der Waals surface area contributed by atoms with E-state index in [2.05, 4.69) is 0 Å². The molecule has 0 aliphatic heterocycles. The number of hydrogen-bond donors (Lipinski definition) is 1. The van der Waals surface area contributed by atoms with Gasteiger partial charge in [0.15, 0.2) is 0 Å². The summed E-state index contributed by atoms with van der Waals surface area (Å²) >= 11 is 1.64. The molecular weight excluding hydrogens is 212 g/mol. The molecule has 0 saturated heterocycles. The van der Waals surface area contributed by atoms with Crippen LogP contribution in [0.1, 0.15) is 6.42 Å². The van der Waals surface area contributed by atoms with Crippen molar-refractivity contribution in [1.82, 2.24) is 4.90 Å². The molecule has 0 aliphatic carbocycles. The molecule has 3 nitrogen and oxygen atoms in total. The van der Waals surface area contributed by atoms with E-state index in [0.29, 0.717) is 6.54 Å². The number of carbonyl (C=O) groups is 1. The third-order valence-corrected chi connectivity index (χ3v) is 2.37. The van der Waals surface area contributed by atoms with Gasteiger partial charge in [-0.25, -0.2) is 4.79 Å². The van der Waals surface area contributed by atoms with Crippen molar-refractivity contribution < 1.29 is 18.7 Å². The molecule has 0 saturated carbocycles. The molecule has 0 rings (SSSR count). The predicted molar refractivity (Wildman–Crippen MR) is 53.1 cm³/mol. The van der Waals surface area contributed by atoms with Gasteiger partial charge in [0.1, 0.15) is 0 Å². The quantitative estimate of drug-likeness (QED) is 0.667. The van der Waals surface area contributed by atoms with Gasteiger partial charge in [-0.3, -0.25) is 0 Å². The fraction of sp³-hybridized carbons (Fsp3) is 0.875. The lowest BCUT2D eigenvalue weighted by Crippen LogP contribution is -2.41. The Kier molecular flexibility index (Phi) is 6.03. The van der Waals surface area contributed by atoms with Crippen molar-refractivity contribution in [2.75, 3.05) is 32.1 Å². The first-order valence-electron chi connectivity index (χ1n) is 4.19. The van der Waals surface area contributed by atoms with E-state index in [4.69, 9.17) is 5.11 Å². The summed E-state index contributed by atoms with van der Waals surface area (Å²) in [6.45, 7) is -0.236. The molecule has 84 valence electrons. The maximum absolute atomic E-state index is 12.7. The molecular formula is C8H15F2NO2S. The lowest BCUT2D eigenvalue weighted by Gasteiger charge is -2.20. The minimum atomic E-state index is -3.64. The van der Waals surface area contributed by atoms with Crippen LogP contribution >= 0.6 is 11.8 Å². The van der Waals surface area contributed by atoms with Crippen molar-refractivity contribution in [2.45, 2.75) is 12.3 Å². The number of thioether (sulfide) groups is 1. The lowest BCUT2D eigenvalue weighted by atomic mass is 10.3. The van der Waals surface area contributed by atoms with Gasteiger partial charge < -0.3 is 10.0 Å². The van der Waals surface area contributed by atoms with E-state index >= 15 is 0 Å². The van der Waals surface area contributed by atoms with Crippen LogP contribution in [0.3, 0.4) is 0 Å². The first-order valence-corrected chi connectivity index (χ1v) is 5.58. The van der Waals surface area contributed by atoms with E-state index in [1.807, 2.05) is 6.26 Å². The molecule has 0 aromatic heterocycles.